The van der Waals surface area contributed by atoms with Crippen LogP contribution < -0.4 is 0 Å². The van der Waals surface area contributed by atoms with E-state index in [0.29, 0.717) is 10.2 Å². The minimum Gasteiger partial charge on any atom is -0.476 e. The average Bonchev–Trinajstić information content (AvgIpc) is 2.72. The summed E-state index contributed by atoms with van der Waals surface area (Å²) in [5.74, 6) is -1.36. The lowest BCUT2D eigenvalue weighted by atomic mass is 10.1. The molecule has 0 saturated carbocycles. The van der Waals surface area contributed by atoms with E-state index in [9.17, 15) is 18.0 Å². The highest BCUT2D eigenvalue weighted by molar-refractivity contribution is 5.87. The van der Waals surface area contributed by atoms with Crippen molar-refractivity contribution in [2.45, 2.75) is 12.7 Å². The minimum atomic E-state index is -4.47. The number of benzene rings is 1. The summed E-state index contributed by atoms with van der Waals surface area (Å²) in [7, 11) is 0. The molecule has 0 atom stereocenters. The average molecular weight is 270 g/mol. The van der Waals surface area contributed by atoms with E-state index in [-0.39, 0.29) is 5.69 Å². The number of hydrogen-bond acceptors (Lipinski definition) is 2. The molecule has 0 aliphatic heterocycles. The molecule has 19 heavy (non-hydrogen) atoms. The topological polar surface area (TPSA) is 55.1 Å². The van der Waals surface area contributed by atoms with Crippen molar-refractivity contribution in [2.24, 2.45) is 0 Å². The largest absolute Gasteiger partial charge is 0.476 e. The van der Waals surface area contributed by atoms with E-state index in [1.807, 2.05) is 0 Å². The Labute approximate surface area is 106 Å². The summed E-state index contributed by atoms with van der Waals surface area (Å²) in [6.07, 6.45) is -4.47. The van der Waals surface area contributed by atoms with Crippen LogP contribution in [0.2, 0.25) is 0 Å². The van der Waals surface area contributed by atoms with E-state index >= 15 is 0 Å². The Morgan fingerprint density at radius 2 is 1.89 bits per heavy atom. The number of hydrogen-bond donors (Lipinski definition) is 1. The second-order valence-electron chi connectivity index (χ2n) is 3.86. The van der Waals surface area contributed by atoms with Crippen molar-refractivity contribution in [1.29, 1.82) is 0 Å². The molecule has 2 rings (SSSR count). The Bertz CT molecular complexity index is 591. The summed E-state index contributed by atoms with van der Waals surface area (Å²) in [5.41, 5.74) is 0.185. The van der Waals surface area contributed by atoms with Crippen molar-refractivity contribution in [3.05, 3.63) is 42.1 Å². The second-order valence-corrected chi connectivity index (χ2v) is 3.86. The third kappa shape index (κ3) is 3.12. The molecule has 1 aromatic carbocycles. The first-order chi connectivity index (χ1) is 8.87. The van der Waals surface area contributed by atoms with Gasteiger partial charge in [-0.25, -0.2) is 4.79 Å². The van der Waals surface area contributed by atoms with Crippen LogP contribution in [-0.4, -0.2) is 27.0 Å². The number of carboxylic acid groups (broad SMARTS) is 1. The van der Waals surface area contributed by atoms with Crippen LogP contribution in [0.1, 0.15) is 10.5 Å². The summed E-state index contributed by atoms with van der Waals surface area (Å²) < 4.78 is 38.0. The third-order valence-corrected chi connectivity index (χ3v) is 2.40. The number of carboxylic acids is 1. The molecular weight excluding hydrogens is 261 g/mol. The van der Waals surface area contributed by atoms with Gasteiger partial charge in [-0.05, 0) is 11.6 Å². The Morgan fingerprint density at radius 1 is 1.26 bits per heavy atom. The van der Waals surface area contributed by atoms with Gasteiger partial charge in [-0.3, -0.25) is 4.68 Å². The molecule has 7 heteroatoms. The lowest BCUT2D eigenvalue weighted by Crippen LogP contribution is -2.19. The van der Waals surface area contributed by atoms with Crippen LogP contribution >= 0.6 is 0 Å². The Morgan fingerprint density at radius 3 is 2.42 bits per heavy atom. The van der Waals surface area contributed by atoms with E-state index in [1.165, 1.54) is 0 Å². The van der Waals surface area contributed by atoms with Crippen LogP contribution in [0.15, 0.2) is 36.4 Å². The molecular formula is C12H9F3N2O2. The monoisotopic (exact) mass is 270 g/mol. The van der Waals surface area contributed by atoms with Crippen LogP contribution in [0, 0.1) is 0 Å². The van der Waals surface area contributed by atoms with Gasteiger partial charge in [0.25, 0.3) is 0 Å². The van der Waals surface area contributed by atoms with Gasteiger partial charge in [0.1, 0.15) is 6.54 Å². The molecule has 1 aromatic heterocycles. The molecule has 1 N–H and O–H groups in total. The molecule has 0 aliphatic carbocycles. The zero-order valence-electron chi connectivity index (χ0n) is 9.55. The quantitative estimate of drug-likeness (QED) is 0.933. The highest BCUT2D eigenvalue weighted by Gasteiger charge is 2.30. The number of aromatic nitrogens is 2. The zero-order valence-corrected chi connectivity index (χ0v) is 9.55. The maximum Gasteiger partial charge on any atom is 0.408 e. The lowest BCUT2D eigenvalue weighted by molar-refractivity contribution is -0.142. The predicted octanol–water partition coefficient (Wildman–Crippen LogP) is 2.81. The SMILES string of the molecule is O=C(O)c1cc(-c2ccccc2)n(CC(F)(F)F)n1. The molecule has 0 unspecified atom stereocenters. The maximum atomic E-state index is 12.4. The van der Waals surface area contributed by atoms with Gasteiger partial charge < -0.3 is 5.11 Å². The van der Waals surface area contributed by atoms with Gasteiger partial charge in [0.2, 0.25) is 0 Å². The van der Waals surface area contributed by atoms with Crippen LogP contribution in [-0.2, 0) is 6.54 Å². The first-order valence-electron chi connectivity index (χ1n) is 5.30. The fourth-order valence-electron chi connectivity index (χ4n) is 1.65. The molecule has 0 aliphatic rings. The van der Waals surface area contributed by atoms with E-state index in [1.54, 1.807) is 30.3 Å². The normalized spacial score (nSPS) is 11.5. The first kappa shape index (κ1) is 13.1. The fourth-order valence-corrected chi connectivity index (χ4v) is 1.65. The second kappa shape index (κ2) is 4.75. The fraction of sp³-hybridized carbons (Fsp3) is 0.167. The van der Waals surface area contributed by atoms with Gasteiger partial charge in [0.15, 0.2) is 5.69 Å². The number of nitrogens with zero attached hydrogens (tertiary/aromatic N) is 2. The standard InChI is InChI=1S/C12H9F3N2O2/c13-12(14,15)7-17-10(6-9(16-17)11(18)19)8-4-2-1-3-5-8/h1-6H,7H2,(H,18,19). The van der Waals surface area contributed by atoms with Crippen molar-refractivity contribution in [1.82, 2.24) is 9.78 Å². The number of aromatic carboxylic acids is 1. The van der Waals surface area contributed by atoms with Crippen molar-refractivity contribution < 1.29 is 23.1 Å². The molecule has 0 bridgehead atoms. The lowest BCUT2D eigenvalue weighted by Gasteiger charge is -2.10. The highest BCUT2D eigenvalue weighted by atomic mass is 19.4. The van der Waals surface area contributed by atoms with Crippen molar-refractivity contribution >= 4 is 5.97 Å². The summed E-state index contributed by atoms with van der Waals surface area (Å²) in [4.78, 5) is 10.8. The van der Waals surface area contributed by atoms with Crippen LogP contribution in [0.25, 0.3) is 11.3 Å². The van der Waals surface area contributed by atoms with E-state index < -0.39 is 24.4 Å². The van der Waals surface area contributed by atoms with Gasteiger partial charge in [-0.15, -0.1) is 0 Å². The third-order valence-electron chi connectivity index (χ3n) is 2.40. The molecule has 0 fully saturated rings. The minimum absolute atomic E-state index is 0.121. The van der Waals surface area contributed by atoms with E-state index in [0.717, 1.165) is 6.07 Å². The number of halogens is 3. The summed E-state index contributed by atoms with van der Waals surface area (Å²) in [6.45, 7) is -1.33. The molecule has 0 spiro atoms. The van der Waals surface area contributed by atoms with Gasteiger partial charge in [-0.2, -0.15) is 18.3 Å². The predicted molar refractivity (Wildman–Crippen MR) is 60.7 cm³/mol. The summed E-state index contributed by atoms with van der Waals surface area (Å²) >= 11 is 0. The van der Waals surface area contributed by atoms with Gasteiger partial charge in [-0.1, -0.05) is 30.3 Å². The molecule has 1 heterocycles. The van der Waals surface area contributed by atoms with Crippen molar-refractivity contribution in [3.8, 4) is 11.3 Å². The maximum absolute atomic E-state index is 12.4. The van der Waals surface area contributed by atoms with E-state index in [2.05, 4.69) is 5.10 Å². The van der Waals surface area contributed by atoms with Crippen molar-refractivity contribution in [3.63, 3.8) is 0 Å². The highest BCUT2D eigenvalue weighted by Crippen LogP contribution is 2.25. The Hall–Kier alpha value is -2.31. The molecule has 0 saturated heterocycles. The van der Waals surface area contributed by atoms with Gasteiger partial charge in [0, 0.05) is 0 Å². The van der Waals surface area contributed by atoms with Crippen LogP contribution in [0.5, 0.6) is 0 Å². The molecule has 0 amide bonds. The van der Waals surface area contributed by atoms with Gasteiger partial charge >= 0.3 is 12.1 Å². The Balaban J connectivity index is 2.49. The molecule has 100 valence electrons. The first-order valence-corrected chi connectivity index (χ1v) is 5.30. The number of carbonyl (C=O) groups is 1. The van der Waals surface area contributed by atoms with Crippen LogP contribution in [0.3, 0.4) is 0 Å². The van der Waals surface area contributed by atoms with Crippen molar-refractivity contribution in [2.75, 3.05) is 0 Å². The van der Waals surface area contributed by atoms with E-state index in [4.69, 9.17) is 5.11 Å². The summed E-state index contributed by atoms with van der Waals surface area (Å²) in [5, 5.41) is 12.3. The Kier molecular flexibility index (Phi) is 3.28. The molecule has 2 aromatic rings. The van der Waals surface area contributed by atoms with Crippen LogP contribution in [0.4, 0.5) is 13.2 Å². The molecule has 0 radical (unpaired) electrons. The zero-order chi connectivity index (χ0) is 14.0. The molecule has 4 nitrogen and oxygen atoms in total. The number of rotatable bonds is 3. The smallest absolute Gasteiger partial charge is 0.408 e. The number of alkyl halides is 3. The van der Waals surface area contributed by atoms with Gasteiger partial charge in [0.05, 0.1) is 5.69 Å². The summed E-state index contributed by atoms with van der Waals surface area (Å²) in [6, 6.07) is 9.34.